The highest BCUT2D eigenvalue weighted by Gasteiger charge is 2.52. The molecule has 11 aromatic carbocycles. The molecular formula is C65H40N2O. The molecule has 0 aliphatic heterocycles. The SMILES string of the molecule is c1ccc(N(c2ccc3c4c(-c5ccc6c(c5)oc5ccccc56)cc5ccccc5c4n(-c4ccccc4)c3c2)c2cccc3c2-c2ccccc2C32c3ccccc3-c3ccccc32)cc1. The maximum Gasteiger partial charge on any atom is 0.136 e. The number of rotatable bonds is 5. The van der Waals surface area contributed by atoms with Gasteiger partial charge in [-0.2, -0.15) is 0 Å². The van der Waals surface area contributed by atoms with Crippen molar-refractivity contribution in [2.45, 2.75) is 5.41 Å². The minimum Gasteiger partial charge on any atom is -0.456 e. The van der Waals surface area contributed by atoms with Gasteiger partial charge in [0.25, 0.3) is 0 Å². The molecule has 68 heavy (non-hydrogen) atoms. The molecular weight excluding hydrogens is 825 g/mol. The first-order valence-electron chi connectivity index (χ1n) is 23.5. The fourth-order valence-corrected chi connectivity index (χ4v) is 12.3. The summed E-state index contributed by atoms with van der Waals surface area (Å²) in [4.78, 5) is 2.49. The van der Waals surface area contributed by atoms with Crippen LogP contribution in [0.3, 0.4) is 0 Å². The Hall–Kier alpha value is -8.92. The van der Waals surface area contributed by atoms with Gasteiger partial charge in [0.2, 0.25) is 0 Å². The van der Waals surface area contributed by atoms with Gasteiger partial charge in [0, 0.05) is 49.6 Å². The highest BCUT2D eigenvalue weighted by Crippen LogP contribution is 2.64. The number of nitrogens with zero attached hydrogens (tertiary/aromatic N) is 2. The van der Waals surface area contributed by atoms with Crippen molar-refractivity contribution in [2.75, 3.05) is 4.90 Å². The molecule has 0 amide bonds. The molecule has 3 nitrogen and oxygen atoms in total. The number of aromatic nitrogens is 1. The molecule has 2 heterocycles. The lowest BCUT2D eigenvalue weighted by Gasteiger charge is -2.31. The molecule has 2 aliphatic carbocycles. The molecule has 2 aromatic heterocycles. The predicted octanol–water partition coefficient (Wildman–Crippen LogP) is 17.3. The van der Waals surface area contributed by atoms with E-state index in [0.29, 0.717) is 0 Å². The third-order valence-electron chi connectivity index (χ3n) is 15.0. The Bertz CT molecular complexity index is 4170. The van der Waals surface area contributed by atoms with Crippen molar-refractivity contribution in [3.8, 4) is 39.1 Å². The Balaban J connectivity index is 1.02. The number of hydrogen-bond acceptors (Lipinski definition) is 2. The number of anilines is 3. The monoisotopic (exact) mass is 864 g/mol. The second kappa shape index (κ2) is 14.0. The first-order chi connectivity index (χ1) is 33.8. The van der Waals surface area contributed by atoms with Crippen molar-refractivity contribution < 1.29 is 4.42 Å². The van der Waals surface area contributed by atoms with Gasteiger partial charge in [0.05, 0.1) is 22.1 Å². The highest BCUT2D eigenvalue weighted by molar-refractivity contribution is 6.25. The zero-order valence-corrected chi connectivity index (χ0v) is 36.9. The van der Waals surface area contributed by atoms with Gasteiger partial charge in [-0.25, -0.2) is 0 Å². The quantitative estimate of drug-likeness (QED) is 0.172. The number of hydrogen-bond donors (Lipinski definition) is 0. The summed E-state index contributed by atoms with van der Waals surface area (Å²) in [5.74, 6) is 0. The minimum atomic E-state index is -0.454. The lowest BCUT2D eigenvalue weighted by molar-refractivity contribution is 0.669. The number of fused-ring (bicyclic) bond motifs is 18. The van der Waals surface area contributed by atoms with Crippen molar-refractivity contribution in [3.05, 3.63) is 265 Å². The predicted molar refractivity (Wildman–Crippen MR) is 282 cm³/mol. The molecule has 13 aromatic rings. The molecule has 0 fully saturated rings. The summed E-state index contributed by atoms with van der Waals surface area (Å²) in [7, 11) is 0. The summed E-state index contributed by atoms with van der Waals surface area (Å²) in [6.07, 6.45) is 0. The van der Waals surface area contributed by atoms with Gasteiger partial charge in [-0.3, -0.25) is 0 Å². The number of furan rings is 1. The maximum absolute atomic E-state index is 6.51. The summed E-state index contributed by atoms with van der Waals surface area (Å²) < 4.78 is 9.01. The third kappa shape index (κ3) is 4.97. The molecule has 3 heteroatoms. The van der Waals surface area contributed by atoms with Crippen LogP contribution in [0.5, 0.6) is 0 Å². The van der Waals surface area contributed by atoms with Gasteiger partial charge in [-0.05, 0) is 122 Å². The van der Waals surface area contributed by atoms with Gasteiger partial charge in [0.1, 0.15) is 11.2 Å². The van der Waals surface area contributed by atoms with Crippen LogP contribution in [0.15, 0.2) is 247 Å². The average molecular weight is 865 g/mol. The van der Waals surface area contributed by atoms with Crippen LogP contribution in [-0.4, -0.2) is 4.57 Å². The van der Waals surface area contributed by atoms with E-state index in [1.54, 1.807) is 0 Å². The third-order valence-corrected chi connectivity index (χ3v) is 15.0. The van der Waals surface area contributed by atoms with Crippen molar-refractivity contribution >= 4 is 71.6 Å². The molecule has 0 bridgehead atoms. The molecule has 0 atom stereocenters. The lowest BCUT2D eigenvalue weighted by Crippen LogP contribution is -2.26. The molecule has 15 rings (SSSR count). The average Bonchev–Trinajstić information content (AvgIpc) is 4.13. The molecule has 0 radical (unpaired) electrons. The highest BCUT2D eigenvalue weighted by atomic mass is 16.3. The standard InChI is InChI=1S/C65H40N2O/c1-3-19-43(20-4-1)66(58-32-17-31-57-63(58)51-27-11-15-30-56(51)65(57)54-28-13-9-24-47(54)48-25-10-14-29-55(48)65)45-35-37-52-59(40-45)67(44-21-5-2-6-22-44)64-46-23-8-7-18-41(46)38-53(62(52)64)42-34-36-50-49-26-12-16-33-60(49)68-61(50)39-42/h1-40H. The Morgan fingerprint density at radius 2 is 0.985 bits per heavy atom. The zero-order chi connectivity index (χ0) is 44.5. The van der Waals surface area contributed by atoms with Gasteiger partial charge in [-0.15, -0.1) is 0 Å². The van der Waals surface area contributed by atoms with Gasteiger partial charge in [0.15, 0.2) is 0 Å². The van der Waals surface area contributed by atoms with Crippen LogP contribution in [0.25, 0.3) is 93.6 Å². The van der Waals surface area contributed by atoms with Crippen molar-refractivity contribution in [3.63, 3.8) is 0 Å². The molecule has 2 aliphatic rings. The molecule has 316 valence electrons. The van der Waals surface area contributed by atoms with Crippen LogP contribution in [0.1, 0.15) is 22.3 Å². The Kier molecular flexibility index (Phi) is 7.71. The first kappa shape index (κ1) is 37.3. The number of benzene rings is 11. The van der Waals surface area contributed by atoms with Gasteiger partial charge < -0.3 is 13.9 Å². The first-order valence-corrected chi connectivity index (χ1v) is 23.5. The summed E-state index contributed by atoms with van der Waals surface area (Å²) in [5.41, 5.74) is 20.8. The van der Waals surface area contributed by atoms with E-state index in [1.165, 1.54) is 77.1 Å². The Labute approximate surface area is 393 Å². The second-order valence-electron chi connectivity index (χ2n) is 18.3. The normalized spacial score (nSPS) is 13.1. The van der Waals surface area contributed by atoms with E-state index < -0.39 is 5.41 Å². The van der Waals surface area contributed by atoms with Crippen LogP contribution in [0, 0.1) is 0 Å². The summed E-state index contributed by atoms with van der Waals surface area (Å²) in [6.45, 7) is 0. The van der Waals surface area contributed by atoms with Crippen molar-refractivity contribution in [2.24, 2.45) is 0 Å². The van der Waals surface area contributed by atoms with E-state index in [9.17, 15) is 0 Å². The van der Waals surface area contributed by atoms with Crippen LogP contribution < -0.4 is 4.90 Å². The van der Waals surface area contributed by atoms with Gasteiger partial charge in [-0.1, -0.05) is 176 Å². The van der Waals surface area contributed by atoms with Crippen molar-refractivity contribution in [1.29, 1.82) is 0 Å². The lowest BCUT2D eigenvalue weighted by atomic mass is 9.70. The number of para-hydroxylation sites is 3. The largest absolute Gasteiger partial charge is 0.456 e. The summed E-state index contributed by atoms with van der Waals surface area (Å²) >= 11 is 0. The summed E-state index contributed by atoms with van der Waals surface area (Å²) in [5, 5.41) is 7.06. The topological polar surface area (TPSA) is 21.3 Å². The van der Waals surface area contributed by atoms with E-state index >= 15 is 0 Å². The van der Waals surface area contributed by atoms with E-state index in [0.717, 1.165) is 55.8 Å². The summed E-state index contributed by atoms with van der Waals surface area (Å²) in [6, 6.07) is 89.4. The molecule has 0 unspecified atom stereocenters. The molecule has 0 saturated carbocycles. The van der Waals surface area contributed by atoms with Crippen LogP contribution in [-0.2, 0) is 5.41 Å². The van der Waals surface area contributed by atoms with Crippen LogP contribution >= 0.6 is 0 Å². The van der Waals surface area contributed by atoms with E-state index in [4.69, 9.17) is 4.42 Å². The zero-order valence-electron chi connectivity index (χ0n) is 36.9. The Morgan fingerprint density at radius 1 is 0.382 bits per heavy atom. The molecule has 0 saturated heterocycles. The van der Waals surface area contributed by atoms with E-state index in [1.807, 2.05) is 6.07 Å². The van der Waals surface area contributed by atoms with Crippen molar-refractivity contribution in [1.82, 2.24) is 4.57 Å². The smallest absolute Gasteiger partial charge is 0.136 e. The van der Waals surface area contributed by atoms with Crippen LogP contribution in [0.4, 0.5) is 17.1 Å². The maximum atomic E-state index is 6.51. The molecule has 1 spiro atoms. The van der Waals surface area contributed by atoms with E-state index in [-0.39, 0.29) is 0 Å². The fourth-order valence-electron chi connectivity index (χ4n) is 12.3. The fraction of sp³-hybridized carbons (Fsp3) is 0.0154. The van der Waals surface area contributed by atoms with Gasteiger partial charge >= 0.3 is 0 Å². The Morgan fingerprint density at radius 3 is 1.76 bits per heavy atom. The minimum absolute atomic E-state index is 0.454. The van der Waals surface area contributed by atoms with E-state index in [2.05, 4.69) is 246 Å². The van der Waals surface area contributed by atoms with Crippen LogP contribution in [0.2, 0.25) is 0 Å². The second-order valence-corrected chi connectivity index (χ2v) is 18.3. The molecule has 0 N–H and O–H groups in total.